The number of allylic oxidation sites excluding steroid dienone is 2. The number of aliphatic hydroxyl groups excluding tert-OH is 8. The van der Waals surface area contributed by atoms with E-state index in [0.29, 0.717) is 62.1 Å². The summed E-state index contributed by atoms with van der Waals surface area (Å²) in [6, 6.07) is 6.57. The molecule has 4 heterocycles. The van der Waals surface area contributed by atoms with Crippen molar-refractivity contribution in [3.05, 3.63) is 45.0 Å². The number of hydrogen-bond acceptors (Lipinski definition) is 17. The van der Waals surface area contributed by atoms with Crippen LogP contribution in [-0.2, 0) is 33.2 Å². The van der Waals surface area contributed by atoms with Crippen LogP contribution in [0.2, 0.25) is 0 Å². The highest BCUT2D eigenvalue weighted by molar-refractivity contribution is 14.1. The monoisotopic (exact) mass is 1230 g/mol. The van der Waals surface area contributed by atoms with E-state index in [4.69, 9.17) is 28.4 Å². The van der Waals surface area contributed by atoms with E-state index in [2.05, 4.69) is 80.8 Å². The number of ether oxygens (including phenoxy) is 6. The lowest BCUT2D eigenvalue weighted by Gasteiger charge is -2.65. The fourth-order valence-corrected chi connectivity index (χ4v) is 19.5. The summed E-state index contributed by atoms with van der Waals surface area (Å²) < 4.78 is 39.9. The SMILES string of the molecule is CC1CCCC2(C)C1CC1C3(C)C4(C)CC(O)C5(C(=O)OC6(C7OC(C)C(OC8OCC(O)C(O)C8O)C(O)C7CO)OC7C(O)C(NCCCCCCNC(=O)c8ccc(I)cc8)C(CO)OC76)CCC(C)(C)CC5C4=CCC123. The number of esters is 1. The largest absolute Gasteiger partial charge is 0.427 e. The molecule has 1 spiro atoms. The summed E-state index contributed by atoms with van der Waals surface area (Å²) in [4.78, 5) is 28.8. The molecule has 9 fully saturated rings. The Morgan fingerprint density at radius 3 is 2.26 bits per heavy atom. The topological polar surface area (TPSA) is 275 Å². The van der Waals surface area contributed by atoms with E-state index in [1.165, 1.54) is 31.3 Å². The van der Waals surface area contributed by atoms with Gasteiger partial charge in [0, 0.05) is 21.6 Å². The zero-order valence-corrected chi connectivity index (χ0v) is 50.0. The lowest BCUT2D eigenvalue weighted by molar-refractivity contribution is -0.471. The Labute approximate surface area is 484 Å². The average Bonchev–Trinajstić information content (AvgIpc) is 2.21. The number of rotatable bonds is 16. The smallest absolute Gasteiger partial charge is 0.318 e. The van der Waals surface area contributed by atoms with Gasteiger partial charge in [0.1, 0.15) is 48.1 Å². The predicted molar refractivity (Wildman–Crippen MR) is 299 cm³/mol. The van der Waals surface area contributed by atoms with E-state index in [-0.39, 0.29) is 34.2 Å². The number of halogens is 1. The average molecular weight is 1240 g/mol. The quantitative estimate of drug-likeness (QED) is 0.0479. The summed E-state index contributed by atoms with van der Waals surface area (Å²) in [5, 5.41) is 97.9. The molecule has 80 heavy (non-hydrogen) atoms. The lowest BCUT2D eigenvalue weighted by atomic mass is 9.41. The second kappa shape index (κ2) is 21.8. The number of amides is 1. The summed E-state index contributed by atoms with van der Waals surface area (Å²) in [6.07, 6.45) is -4.12. The van der Waals surface area contributed by atoms with E-state index in [1.54, 1.807) is 19.1 Å². The zero-order chi connectivity index (χ0) is 57.3. The number of carbonyl (C=O) groups excluding carboxylic acids is 2. The third-order valence-electron chi connectivity index (χ3n) is 23.6. The molecule has 1 aromatic carbocycles. The first-order chi connectivity index (χ1) is 37.9. The number of aliphatic hydroxyl groups is 8. The lowest BCUT2D eigenvalue weighted by Crippen LogP contribution is -2.83. The first kappa shape index (κ1) is 59.8. The van der Waals surface area contributed by atoms with Crippen molar-refractivity contribution in [2.75, 3.05) is 32.9 Å². The molecule has 0 aromatic heterocycles. The third kappa shape index (κ3) is 8.93. The van der Waals surface area contributed by atoms with Gasteiger partial charge in [-0.15, -0.1) is 0 Å². The Morgan fingerprint density at radius 2 is 1.55 bits per heavy atom. The van der Waals surface area contributed by atoms with Gasteiger partial charge in [0.25, 0.3) is 11.7 Å². The molecule has 11 rings (SSSR count). The maximum absolute atomic E-state index is 16.2. The second-order valence-electron chi connectivity index (χ2n) is 27.8. The molecule has 25 atom stereocenters. The molecule has 0 radical (unpaired) electrons. The normalized spacial score (nSPS) is 49.8. The number of fused-ring (bicyclic) bond motifs is 7. The summed E-state index contributed by atoms with van der Waals surface area (Å²) >= 11 is 2.20. The molecule has 1 amide bonds. The minimum Gasteiger partial charge on any atom is -0.427 e. The number of nitrogens with one attached hydrogen (secondary N) is 2. The van der Waals surface area contributed by atoms with Crippen LogP contribution >= 0.6 is 22.6 Å². The Bertz CT molecular complexity index is 2490. The Morgan fingerprint density at radius 1 is 0.825 bits per heavy atom. The second-order valence-corrected chi connectivity index (χ2v) is 29.0. The number of hydrogen-bond donors (Lipinski definition) is 10. The number of benzene rings is 1. The van der Waals surface area contributed by atoms with Crippen LogP contribution < -0.4 is 10.6 Å². The minimum atomic E-state index is -2.25. The van der Waals surface area contributed by atoms with Crippen molar-refractivity contribution in [3.8, 4) is 0 Å². The molecule has 25 unspecified atom stereocenters. The number of carbonyl (C=O) groups is 2. The van der Waals surface area contributed by atoms with Crippen LogP contribution in [0.25, 0.3) is 0 Å². The van der Waals surface area contributed by atoms with Gasteiger partial charge in [0.05, 0.1) is 50.3 Å². The van der Waals surface area contributed by atoms with E-state index in [1.807, 2.05) is 12.1 Å². The van der Waals surface area contributed by atoms with Gasteiger partial charge in [-0.1, -0.05) is 78.9 Å². The third-order valence-corrected chi connectivity index (χ3v) is 24.3. The van der Waals surface area contributed by atoms with Gasteiger partial charge in [-0.3, -0.25) is 9.59 Å². The van der Waals surface area contributed by atoms with E-state index < -0.39 is 133 Å². The van der Waals surface area contributed by atoms with Gasteiger partial charge in [-0.05, 0) is 169 Å². The first-order valence-corrected chi connectivity index (χ1v) is 31.3. The van der Waals surface area contributed by atoms with Crippen molar-refractivity contribution in [2.45, 2.75) is 223 Å². The van der Waals surface area contributed by atoms with Crippen molar-refractivity contribution in [2.24, 2.45) is 62.1 Å². The van der Waals surface area contributed by atoms with E-state index in [9.17, 15) is 45.6 Å². The molecule has 18 nitrogen and oxygen atoms in total. The van der Waals surface area contributed by atoms with Crippen molar-refractivity contribution in [1.82, 2.24) is 10.6 Å². The predicted octanol–water partition coefficient (Wildman–Crippen LogP) is 4.26. The van der Waals surface area contributed by atoms with Crippen LogP contribution in [0.3, 0.4) is 0 Å². The summed E-state index contributed by atoms with van der Waals surface area (Å²) in [5.74, 6) is -2.97. The van der Waals surface area contributed by atoms with Gasteiger partial charge in [0.15, 0.2) is 12.4 Å². The van der Waals surface area contributed by atoms with Gasteiger partial charge >= 0.3 is 5.97 Å². The molecular formula is C61H91IN2O16. The van der Waals surface area contributed by atoms with Gasteiger partial charge in [-0.2, -0.15) is 0 Å². The maximum Gasteiger partial charge on any atom is 0.318 e. The molecule has 19 heteroatoms. The van der Waals surface area contributed by atoms with Crippen molar-refractivity contribution in [3.63, 3.8) is 0 Å². The summed E-state index contributed by atoms with van der Waals surface area (Å²) in [5.41, 5.74) is 0.00251. The fraction of sp³-hybridized carbons (Fsp3) is 0.836. The molecule has 10 aliphatic rings. The van der Waals surface area contributed by atoms with Crippen LogP contribution in [0.4, 0.5) is 0 Å². The molecule has 1 aromatic rings. The maximum atomic E-state index is 16.2. The standard InChI is InChI=1S/C61H91IN2O16/c1-31-13-12-19-56(5)37(31)25-41-58(7)57(6)27-42(68)59(22-21-55(3,4)26-38(59)36(57)18-20-60(41,56)58)54(74)80-61(50-35(28-65)44(69)48(32(2)76-50)78-53-47(72)45(70)39(67)30-75-53)51-49(79-61)46(71)43(40(29-66)77-51)63-23-10-8-9-11-24-64-52(73)33-14-16-34(62)17-15-33/h14-18,31-32,35,37-51,53,63,65-72H,8-13,19-30H2,1-7H3,(H,64,73). The van der Waals surface area contributed by atoms with Crippen LogP contribution in [-0.4, -0.2) is 177 Å². The molecular weight excluding hydrogens is 1140 g/mol. The molecule has 448 valence electrons. The minimum absolute atomic E-state index is 0.0840. The van der Waals surface area contributed by atoms with Crippen molar-refractivity contribution >= 4 is 34.5 Å². The van der Waals surface area contributed by atoms with Crippen molar-refractivity contribution in [1.29, 1.82) is 0 Å². The molecule has 5 saturated carbocycles. The highest BCUT2D eigenvalue weighted by atomic mass is 127. The van der Waals surface area contributed by atoms with Gasteiger partial charge in [0.2, 0.25) is 0 Å². The van der Waals surface area contributed by atoms with Crippen LogP contribution in [0.15, 0.2) is 35.9 Å². The fourth-order valence-electron chi connectivity index (χ4n) is 19.1. The van der Waals surface area contributed by atoms with E-state index >= 15 is 4.79 Å². The Balaban J connectivity index is 0.858. The molecule has 4 aliphatic heterocycles. The molecule has 4 saturated heterocycles. The highest BCUT2D eigenvalue weighted by Crippen LogP contribution is 2.95. The van der Waals surface area contributed by atoms with Crippen molar-refractivity contribution < 1.29 is 78.9 Å². The summed E-state index contributed by atoms with van der Waals surface area (Å²) in [7, 11) is 0. The summed E-state index contributed by atoms with van der Waals surface area (Å²) in [6.45, 7) is 15.2. The molecule has 0 bridgehead atoms. The number of unbranched alkanes of at least 4 members (excludes halogenated alkanes) is 3. The van der Waals surface area contributed by atoms with Crippen LogP contribution in [0.1, 0.15) is 142 Å². The van der Waals surface area contributed by atoms with E-state index in [0.717, 1.165) is 35.7 Å². The molecule has 10 N–H and O–H groups in total. The van der Waals surface area contributed by atoms with Crippen LogP contribution in [0, 0.1) is 65.6 Å². The highest BCUT2D eigenvalue weighted by Gasteiger charge is 2.90. The van der Waals surface area contributed by atoms with Gasteiger partial charge < -0.3 is 79.9 Å². The Kier molecular flexibility index (Phi) is 16.3. The van der Waals surface area contributed by atoms with Crippen LogP contribution in [0.5, 0.6) is 0 Å². The molecule has 6 aliphatic carbocycles. The Hall–Kier alpha value is -1.93. The van der Waals surface area contributed by atoms with Gasteiger partial charge in [-0.25, -0.2) is 0 Å². The first-order valence-electron chi connectivity index (χ1n) is 30.2. The zero-order valence-electron chi connectivity index (χ0n) is 47.8.